The van der Waals surface area contributed by atoms with Crippen molar-refractivity contribution in [3.8, 4) is 22.5 Å². The van der Waals surface area contributed by atoms with Crippen molar-refractivity contribution < 1.29 is 4.79 Å². The number of benzene rings is 2. The van der Waals surface area contributed by atoms with Crippen LogP contribution in [0, 0.1) is 5.92 Å². The lowest BCUT2D eigenvalue weighted by molar-refractivity contribution is -0.124. The first-order valence-electron chi connectivity index (χ1n) is 10.6. The van der Waals surface area contributed by atoms with Crippen molar-refractivity contribution in [2.24, 2.45) is 5.92 Å². The molecule has 4 aromatic rings. The molecule has 2 aromatic carbocycles. The van der Waals surface area contributed by atoms with E-state index in [-0.39, 0.29) is 17.9 Å². The molecule has 1 aliphatic rings. The largest absolute Gasteiger partial charge is 0.361 e. The third-order valence-electron chi connectivity index (χ3n) is 6.12. The molecule has 2 atom stereocenters. The van der Waals surface area contributed by atoms with E-state index in [2.05, 4.69) is 73.6 Å². The van der Waals surface area contributed by atoms with E-state index >= 15 is 0 Å². The topological polar surface area (TPSA) is 75.6 Å². The summed E-state index contributed by atoms with van der Waals surface area (Å²) in [5.74, 6) is 1.11. The third kappa shape index (κ3) is 3.38. The fourth-order valence-electron chi connectivity index (χ4n) is 4.52. The minimum absolute atomic E-state index is 0.0792. The molecular weight excluding hydrogens is 374 g/mol. The van der Waals surface area contributed by atoms with Crippen molar-refractivity contribution in [2.75, 3.05) is 6.54 Å². The van der Waals surface area contributed by atoms with Gasteiger partial charge in [-0.25, -0.2) is 0 Å². The lowest BCUT2D eigenvalue weighted by Crippen LogP contribution is -2.29. The number of hydrogen-bond donors (Lipinski definition) is 2. The summed E-state index contributed by atoms with van der Waals surface area (Å²) in [7, 11) is 0. The maximum absolute atomic E-state index is 12.2. The van der Waals surface area contributed by atoms with Crippen molar-refractivity contribution >= 4 is 16.8 Å². The Bertz CT molecular complexity index is 1170. The number of H-pyrrole nitrogens is 1. The molecule has 0 spiro atoms. The van der Waals surface area contributed by atoms with Crippen LogP contribution in [-0.4, -0.2) is 32.2 Å². The summed E-state index contributed by atoms with van der Waals surface area (Å²) in [6.45, 7) is 2.64. The Morgan fingerprint density at radius 1 is 1.10 bits per heavy atom. The molecule has 6 heteroatoms. The highest BCUT2D eigenvalue weighted by Gasteiger charge is 2.31. The number of rotatable bonds is 5. The van der Waals surface area contributed by atoms with Crippen LogP contribution >= 0.6 is 0 Å². The number of aromatic nitrogens is 4. The monoisotopic (exact) mass is 399 g/mol. The molecule has 0 bridgehead atoms. The Labute approximate surface area is 175 Å². The second-order valence-electron chi connectivity index (χ2n) is 7.98. The number of nitrogens with zero attached hydrogens (tertiary/aromatic N) is 3. The number of carbonyl (C=O) groups is 1. The molecule has 30 heavy (non-hydrogen) atoms. The Morgan fingerprint density at radius 2 is 1.90 bits per heavy atom. The number of aromatic amines is 1. The molecule has 152 valence electrons. The van der Waals surface area contributed by atoms with E-state index in [1.807, 2.05) is 13.1 Å². The molecule has 5 rings (SSSR count). The second kappa shape index (κ2) is 7.78. The summed E-state index contributed by atoms with van der Waals surface area (Å²) in [5, 5.41) is 12.7. The first kappa shape index (κ1) is 18.6. The highest BCUT2D eigenvalue weighted by Crippen LogP contribution is 2.37. The van der Waals surface area contributed by atoms with Crippen molar-refractivity contribution in [3.05, 3.63) is 61.1 Å². The molecule has 0 unspecified atom stereocenters. The number of hydrogen-bond acceptors (Lipinski definition) is 3. The summed E-state index contributed by atoms with van der Waals surface area (Å²) in [5.41, 5.74) is 4.52. The molecule has 2 N–H and O–H groups in total. The third-order valence-corrected chi connectivity index (χ3v) is 6.12. The predicted octanol–water partition coefficient (Wildman–Crippen LogP) is 4.57. The maximum atomic E-state index is 12.2. The minimum Gasteiger partial charge on any atom is -0.361 e. The van der Waals surface area contributed by atoms with Gasteiger partial charge in [0.05, 0.1) is 0 Å². The van der Waals surface area contributed by atoms with Crippen molar-refractivity contribution in [1.82, 2.24) is 25.1 Å². The van der Waals surface area contributed by atoms with E-state index in [4.69, 9.17) is 0 Å². The quantitative estimate of drug-likeness (QED) is 0.516. The van der Waals surface area contributed by atoms with Crippen LogP contribution < -0.4 is 5.32 Å². The van der Waals surface area contributed by atoms with Gasteiger partial charge in [-0.15, -0.1) is 10.2 Å². The molecule has 0 radical (unpaired) electrons. The van der Waals surface area contributed by atoms with Gasteiger partial charge in [-0.05, 0) is 54.8 Å². The average Bonchev–Trinajstić information content (AvgIpc) is 3.53. The Morgan fingerprint density at radius 3 is 2.73 bits per heavy atom. The van der Waals surface area contributed by atoms with Gasteiger partial charge in [0.15, 0.2) is 5.82 Å². The van der Waals surface area contributed by atoms with Crippen molar-refractivity contribution in [3.63, 3.8) is 0 Å². The van der Waals surface area contributed by atoms with Crippen LogP contribution in [0.15, 0.2) is 61.1 Å². The lowest BCUT2D eigenvalue weighted by atomic mass is 10.0. The van der Waals surface area contributed by atoms with Gasteiger partial charge in [0.2, 0.25) is 5.91 Å². The predicted molar refractivity (Wildman–Crippen MR) is 118 cm³/mol. The zero-order chi connectivity index (χ0) is 20.5. The number of nitrogens with one attached hydrogen (secondary N) is 2. The molecular formula is C24H25N5O. The van der Waals surface area contributed by atoms with Gasteiger partial charge in [0, 0.05) is 35.8 Å². The van der Waals surface area contributed by atoms with Gasteiger partial charge in [-0.1, -0.05) is 36.4 Å². The fraction of sp³-hybridized carbons (Fsp3) is 0.292. The number of amides is 1. The number of carbonyl (C=O) groups excluding carboxylic acids is 1. The Balaban J connectivity index is 1.37. The Hall–Kier alpha value is -3.41. The second-order valence-corrected chi connectivity index (χ2v) is 7.98. The van der Waals surface area contributed by atoms with Crippen molar-refractivity contribution in [1.29, 1.82) is 0 Å². The molecule has 2 aromatic heterocycles. The molecule has 1 saturated carbocycles. The van der Waals surface area contributed by atoms with Gasteiger partial charge in [-0.2, -0.15) is 0 Å². The summed E-state index contributed by atoms with van der Waals surface area (Å²) < 4.78 is 2.14. The van der Waals surface area contributed by atoms with E-state index in [1.165, 1.54) is 16.5 Å². The molecule has 1 fully saturated rings. The van der Waals surface area contributed by atoms with E-state index < -0.39 is 0 Å². The zero-order valence-electron chi connectivity index (χ0n) is 17.0. The minimum atomic E-state index is 0.0792. The van der Waals surface area contributed by atoms with Crippen LogP contribution in [0.4, 0.5) is 0 Å². The molecule has 2 heterocycles. The van der Waals surface area contributed by atoms with E-state index in [1.54, 1.807) is 6.33 Å². The first-order chi connectivity index (χ1) is 14.7. The fourth-order valence-corrected chi connectivity index (χ4v) is 4.52. The van der Waals surface area contributed by atoms with Gasteiger partial charge < -0.3 is 14.9 Å². The SMILES string of the molecule is CCNC(=O)[C@H]1CC[C@@H](n2cnnc2-c2ccc(-c3ccc4cc[nH]c4c3)cc2)C1. The Kier molecular flexibility index (Phi) is 4.83. The zero-order valence-corrected chi connectivity index (χ0v) is 17.0. The first-order valence-corrected chi connectivity index (χ1v) is 10.6. The smallest absolute Gasteiger partial charge is 0.223 e. The summed E-state index contributed by atoms with van der Waals surface area (Å²) in [6.07, 6.45) is 6.48. The molecule has 1 aliphatic carbocycles. The highest BCUT2D eigenvalue weighted by molar-refractivity contribution is 5.85. The lowest BCUT2D eigenvalue weighted by Gasteiger charge is -2.15. The summed E-state index contributed by atoms with van der Waals surface area (Å²) in [6, 6.07) is 17.3. The van der Waals surface area contributed by atoms with Gasteiger partial charge in [0.1, 0.15) is 6.33 Å². The van der Waals surface area contributed by atoms with E-state index in [9.17, 15) is 4.79 Å². The van der Waals surface area contributed by atoms with Gasteiger partial charge in [-0.3, -0.25) is 4.79 Å². The van der Waals surface area contributed by atoms with Gasteiger partial charge >= 0.3 is 0 Å². The van der Waals surface area contributed by atoms with Crippen LogP contribution in [0.25, 0.3) is 33.4 Å². The van der Waals surface area contributed by atoms with E-state index in [0.717, 1.165) is 36.2 Å². The summed E-state index contributed by atoms with van der Waals surface area (Å²) in [4.78, 5) is 15.5. The van der Waals surface area contributed by atoms with Gasteiger partial charge in [0.25, 0.3) is 0 Å². The molecule has 6 nitrogen and oxygen atoms in total. The normalized spacial score (nSPS) is 18.7. The van der Waals surface area contributed by atoms with Crippen LogP contribution in [0.1, 0.15) is 32.2 Å². The molecule has 0 saturated heterocycles. The maximum Gasteiger partial charge on any atom is 0.223 e. The van der Waals surface area contributed by atoms with Crippen molar-refractivity contribution in [2.45, 2.75) is 32.2 Å². The molecule has 1 amide bonds. The van der Waals surface area contributed by atoms with Crippen LogP contribution in [0.3, 0.4) is 0 Å². The average molecular weight is 399 g/mol. The summed E-state index contributed by atoms with van der Waals surface area (Å²) >= 11 is 0. The molecule has 0 aliphatic heterocycles. The number of fused-ring (bicyclic) bond motifs is 1. The standard InChI is InChI=1S/C24H25N5O/c1-2-25-24(30)20-9-10-21(13-20)29-15-27-28-23(29)18-6-3-16(4-7-18)19-8-5-17-11-12-26-22(17)14-19/h3-8,11-12,14-15,20-21,26H,2,9-10,13H2,1H3,(H,25,30)/t20-,21+/m0/s1. The highest BCUT2D eigenvalue weighted by atomic mass is 16.1. The van der Waals surface area contributed by atoms with Crippen LogP contribution in [0.5, 0.6) is 0 Å². The van der Waals surface area contributed by atoms with Crippen LogP contribution in [0.2, 0.25) is 0 Å². The van der Waals surface area contributed by atoms with Crippen LogP contribution in [-0.2, 0) is 4.79 Å². The van der Waals surface area contributed by atoms with E-state index in [0.29, 0.717) is 6.54 Å².